The minimum Gasteiger partial charge on any atom is -0.349 e. The lowest BCUT2D eigenvalue weighted by atomic mass is 9.87. The van der Waals surface area contributed by atoms with Crippen LogP contribution in [0, 0.1) is 0 Å². The number of aryl methyl sites for hydroxylation is 1. The standard InChI is InChI=1S/C21H23NO3S/c23-16(10-12-19(24)20-9-4-14-26-20)11-13-21(25)22-18-8-3-6-15-5-1-2-7-17(15)18/h1-2,4-5,7,9,14,18H,3,6,8,10-13H2,(H,22,25). The second kappa shape index (κ2) is 8.90. The van der Waals surface area contributed by atoms with Crippen molar-refractivity contribution in [2.45, 2.75) is 51.0 Å². The first-order valence-electron chi connectivity index (χ1n) is 9.09. The van der Waals surface area contributed by atoms with E-state index in [4.69, 9.17) is 0 Å². The van der Waals surface area contributed by atoms with Gasteiger partial charge in [-0.15, -0.1) is 11.3 Å². The Hall–Kier alpha value is -2.27. The van der Waals surface area contributed by atoms with Gasteiger partial charge in [-0.05, 0) is 41.8 Å². The van der Waals surface area contributed by atoms with Gasteiger partial charge in [-0.3, -0.25) is 14.4 Å². The summed E-state index contributed by atoms with van der Waals surface area (Å²) in [7, 11) is 0. The number of nitrogens with one attached hydrogen (secondary N) is 1. The first-order valence-corrected chi connectivity index (χ1v) is 9.97. The molecule has 1 aliphatic rings. The molecule has 0 fully saturated rings. The number of carbonyl (C=O) groups excluding carboxylic acids is 3. The average molecular weight is 369 g/mol. The number of fused-ring (bicyclic) bond motifs is 1. The maximum Gasteiger partial charge on any atom is 0.220 e. The van der Waals surface area contributed by atoms with Gasteiger partial charge in [0.1, 0.15) is 5.78 Å². The largest absolute Gasteiger partial charge is 0.349 e. The van der Waals surface area contributed by atoms with E-state index < -0.39 is 0 Å². The fourth-order valence-electron chi connectivity index (χ4n) is 3.36. The van der Waals surface area contributed by atoms with Crippen LogP contribution < -0.4 is 5.32 Å². The molecule has 0 spiro atoms. The van der Waals surface area contributed by atoms with Crippen LogP contribution in [0.15, 0.2) is 41.8 Å². The summed E-state index contributed by atoms with van der Waals surface area (Å²) >= 11 is 1.39. The fraction of sp³-hybridized carbons (Fsp3) is 0.381. The number of amides is 1. The molecule has 1 aromatic heterocycles. The zero-order chi connectivity index (χ0) is 18.4. The van der Waals surface area contributed by atoms with Gasteiger partial charge in [0.2, 0.25) is 5.91 Å². The summed E-state index contributed by atoms with van der Waals surface area (Å²) in [4.78, 5) is 36.8. The minimum atomic E-state index is -0.0929. The Labute approximate surface area is 157 Å². The van der Waals surface area contributed by atoms with E-state index in [0.29, 0.717) is 4.88 Å². The highest BCUT2D eigenvalue weighted by molar-refractivity contribution is 7.12. The van der Waals surface area contributed by atoms with Gasteiger partial charge >= 0.3 is 0 Å². The van der Waals surface area contributed by atoms with Crippen LogP contribution in [0.3, 0.4) is 0 Å². The molecule has 1 heterocycles. The normalized spacial score (nSPS) is 15.9. The number of ketones is 2. The summed E-state index contributed by atoms with van der Waals surface area (Å²) < 4.78 is 0. The molecule has 1 N–H and O–H groups in total. The van der Waals surface area contributed by atoms with Crippen molar-refractivity contribution in [3.05, 3.63) is 57.8 Å². The van der Waals surface area contributed by atoms with Gasteiger partial charge in [0, 0.05) is 25.7 Å². The van der Waals surface area contributed by atoms with Crippen LogP contribution in [0.25, 0.3) is 0 Å². The van der Waals surface area contributed by atoms with E-state index in [1.54, 1.807) is 6.07 Å². The smallest absolute Gasteiger partial charge is 0.220 e. The van der Waals surface area contributed by atoms with Crippen molar-refractivity contribution in [2.24, 2.45) is 0 Å². The van der Waals surface area contributed by atoms with E-state index in [1.165, 1.54) is 22.5 Å². The summed E-state index contributed by atoms with van der Waals surface area (Å²) in [5, 5.41) is 4.91. The summed E-state index contributed by atoms with van der Waals surface area (Å²) in [6.45, 7) is 0. The van der Waals surface area contributed by atoms with E-state index in [9.17, 15) is 14.4 Å². The Morgan fingerprint density at radius 2 is 1.81 bits per heavy atom. The third kappa shape index (κ3) is 4.88. The number of hydrogen-bond acceptors (Lipinski definition) is 4. The van der Waals surface area contributed by atoms with Crippen LogP contribution in [0.5, 0.6) is 0 Å². The zero-order valence-electron chi connectivity index (χ0n) is 14.7. The molecule has 26 heavy (non-hydrogen) atoms. The number of thiophene rings is 1. The van der Waals surface area contributed by atoms with Crippen molar-refractivity contribution >= 4 is 28.8 Å². The Bertz CT molecular complexity index is 782. The fourth-order valence-corrected chi connectivity index (χ4v) is 4.06. The maximum atomic E-state index is 12.2. The Morgan fingerprint density at radius 1 is 1.00 bits per heavy atom. The topological polar surface area (TPSA) is 63.2 Å². The third-order valence-corrected chi connectivity index (χ3v) is 5.67. The van der Waals surface area contributed by atoms with Gasteiger partial charge in [0.05, 0.1) is 10.9 Å². The van der Waals surface area contributed by atoms with Crippen molar-refractivity contribution in [2.75, 3.05) is 0 Å². The Morgan fingerprint density at radius 3 is 2.62 bits per heavy atom. The van der Waals surface area contributed by atoms with Crippen LogP contribution in [-0.4, -0.2) is 17.5 Å². The van der Waals surface area contributed by atoms with Crippen LogP contribution in [0.4, 0.5) is 0 Å². The molecule has 0 radical (unpaired) electrons. The molecule has 0 aliphatic heterocycles. The number of rotatable bonds is 8. The molecule has 0 saturated heterocycles. The zero-order valence-corrected chi connectivity index (χ0v) is 15.5. The van der Waals surface area contributed by atoms with Crippen molar-refractivity contribution in [1.82, 2.24) is 5.32 Å². The van der Waals surface area contributed by atoms with Crippen LogP contribution in [0.2, 0.25) is 0 Å². The molecule has 136 valence electrons. The van der Waals surface area contributed by atoms with Crippen LogP contribution >= 0.6 is 11.3 Å². The SMILES string of the molecule is O=C(CCC(=O)NC1CCCc2ccccc21)CCC(=O)c1cccs1. The monoisotopic (exact) mass is 369 g/mol. The molecular formula is C21H23NO3S. The number of carbonyl (C=O) groups is 3. The molecule has 1 unspecified atom stereocenters. The molecular weight excluding hydrogens is 346 g/mol. The van der Waals surface area contributed by atoms with Crippen molar-refractivity contribution in [3.8, 4) is 0 Å². The number of benzene rings is 1. The predicted molar refractivity (Wildman–Crippen MR) is 102 cm³/mol. The van der Waals surface area contributed by atoms with E-state index >= 15 is 0 Å². The molecule has 1 atom stereocenters. The van der Waals surface area contributed by atoms with Crippen molar-refractivity contribution in [1.29, 1.82) is 0 Å². The maximum absolute atomic E-state index is 12.2. The van der Waals surface area contributed by atoms with Gasteiger partial charge in [-0.25, -0.2) is 0 Å². The van der Waals surface area contributed by atoms with Crippen LogP contribution in [-0.2, 0) is 16.0 Å². The van der Waals surface area contributed by atoms with E-state index in [0.717, 1.165) is 19.3 Å². The molecule has 3 rings (SSSR count). The summed E-state index contributed by atoms with van der Waals surface area (Å²) in [6, 6.07) is 11.8. The van der Waals surface area contributed by atoms with Gasteiger partial charge in [-0.1, -0.05) is 30.3 Å². The third-order valence-electron chi connectivity index (χ3n) is 4.76. The lowest BCUT2D eigenvalue weighted by Gasteiger charge is -2.26. The van der Waals surface area contributed by atoms with Gasteiger partial charge in [0.15, 0.2) is 5.78 Å². The Balaban J connectivity index is 1.42. The van der Waals surface area contributed by atoms with E-state index in [2.05, 4.69) is 17.4 Å². The second-order valence-corrected chi connectivity index (χ2v) is 7.60. The van der Waals surface area contributed by atoms with Gasteiger partial charge in [0.25, 0.3) is 0 Å². The number of Topliss-reactive ketones (excluding diaryl/α,β-unsaturated/α-hetero) is 2. The quantitative estimate of drug-likeness (QED) is 0.708. The summed E-state index contributed by atoms with van der Waals surface area (Å²) in [5.41, 5.74) is 2.49. The molecule has 1 amide bonds. The highest BCUT2D eigenvalue weighted by Crippen LogP contribution is 2.29. The van der Waals surface area contributed by atoms with Gasteiger partial charge in [-0.2, -0.15) is 0 Å². The molecule has 4 nitrogen and oxygen atoms in total. The molecule has 5 heteroatoms. The molecule has 1 aromatic carbocycles. The van der Waals surface area contributed by atoms with E-state index in [-0.39, 0.29) is 49.2 Å². The molecule has 2 aromatic rings. The predicted octanol–water partition coefficient (Wildman–Crippen LogP) is 4.25. The first-order chi connectivity index (χ1) is 12.6. The van der Waals surface area contributed by atoms with E-state index in [1.807, 2.05) is 23.6 Å². The summed E-state index contributed by atoms with van der Waals surface area (Å²) in [6.07, 6.45) is 3.85. The van der Waals surface area contributed by atoms with Crippen molar-refractivity contribution in [3.63, 3.8) is 0 Å². The first kappa shape index (κ1) is 18.5. The Kier molecular flexibility index (Phi) is 6.34. The van der Waals surface area contributed by atoms with Crippen LogP contribution in [0.1, 0.15) is 65.4 Å². The van der Waals surface area contributed by atoms with Gasteiger partial charge < -0.3 is 5.32 Å². The average Bonchev–Trinajstić information content (AvgIpc) is 3.19. The summed E-state index contributed by atoms with van der Waals surface area (Å²) in [5.74, 6) is -0.129. The number of hydrogen-bond donors (Lipinski definition) is 1. The molecule has 0 saturated carbocycles. The highest BCUT2D eigenvalue weighted by atomic mass is 32.1. The highest BCUT2D eigenvalue weighted by Gasteiger charge is 2.21. The lowest BCUT2D eigenvalue weighted by Crippen LogP contribution is -2.31. The minimum absolute atomic E-state index is 0.00314. The molecule has 0 bridgehead atoms. The van der Waals surface area contributed by atoms with Crippen molar-refractivity contribution < 1.29 is 14.4 Å². The lowest BCUT2D eigenvalue weighted by molar-refractivity contribution is -0.126. The molecule has 1 aliphatic carbocycles. The second-order valence-electron chi connectivity index (χ2n) is 6.65.